The van der Waals surface area contributed by atoms with E-state index in [1.165, 1.54) is 18.4 Å². The first-order chi connectivity index (χ1) is 8.13. The maximum absolute atomic E-state index is 5.25. The van der Waals surface area contributed by atoms with Crippen LogP contribution in [0, 0.1) is 5.92 Å². The van der Waals surface area contributed by atoms with Crippen LogP contribution >= 0.6 is 15.9 Å². The molecule has 0 aliphatic carbocycles. The molecule has 1 rings (SSSR count). The van der Waals surface area contributed by atoms with Crippen LogP contribution in [0.3, 0.4) is 0 Å². The first-order valence-corrected chi connectivity index (χ1v) is 6.94. The molecule has 0 amide bonds. The highest BCUT2D eigenvalue weighted by atomic mass is 79.9. The van der Waals surface area contributed by atoms with Crippen molar-refractivity contribution in [2.75, 3.05) is 14.2 Å². The van der Waals surface area contributed by atoms with E-state index >= 15 is 0 Å². The molecule has 0 radical (unpaired) electrons. The smallest absolute Gasteiger partial charge is 0.133 e. The molecule has 0 spiro atoms. The van der Waals surface area contributed by atoms with Gasteiger partial charge in [0.1, 0.15) is 5.75 Å². The number of rotatable bonds is 6. The number of methoxy groups -OCH3 is 1. The lowest BCUT2D eigenvalue weighted by Gasteiger charge is -2.24. The van der Waals surface area contributed by atoms with E-state index in [9.17, 15) is 0 Å². The zero-order valence-corrected chi connectivity index (χ0v) is 12.7. The minimum absolute atomic E-state index is 0.400. The first kappa shape index (κ1) is 14.5. The fraction of sp³-hybridized carbons (Fsp3) is 0.571. The highest BCUT2D eigenvalue weighted by molar-refractivity contribution is 9.10. The van der Waals surface area contributed by atoms with Crippen LogP contribution in [0.5, 0.6) is 5.75 Å². The van der Waals surface area contributed by atoms with Crippen molar-refractivity contribution in [3.05, 3.63) is 28.2 Å². The Morgan fingerprint density at radius 3 is 2.59 bits per heavy atom. The molecule has 0 aliphatic heterocycles. The maximum atomic E-state index is 5.25. The number of benzene rings is 1. The van der Waals surface area contributed by atoms with E-state index in [0.29, 0.717) is 12.0 Å². The number of ether oxygens (including phenoxy) is 1. The van der Waals surface area contributed by atoms with Crippen molar-refractivity contribution in [2.45, 2.75) is 32.7 Å². The molecule has 1 aromatic rings. The van der Waals surface area contributed by atoms with Crippen molar-refractivity contribution >= 4 is 15.9 Å². The fourth-order valence-corrected chi connectivity index (χ4v) is 2.84. The Morgan fingerprint density at radius 2 is 2.12 bits per heavy atom. The lowest BCUT2D eigenvalue weighted by atomic mass is 9.91. The minimum Gasteiger partial charge on any atom is -0.496 e. The summed E-state index contributed by atoms with van der Waals surface area (Å²) < 4.78 is 6.27. The summed E-state index contributed by atoms with van der Waals surface area (Å²) in [6, 6.07) is 6.70. The van der Waals surface area contributed by atoms with Gasteiger partial charge in [0, 0.05) is 6.04 Å². The van der Waals surface area contributed by atoms with Crippen LogP contribution in [-0.4, -0.2) is 14.2 Å². The van der Waals surface area contributed by atoms with Crippen molar-refractivity contribution in [3.63, 3.8) is 0 Å². The maximum Gasteiger partial charge on any atom is 0.133 e. The Hall–Kier alpha value is -0.540. The summed E-state index contributed by atoms with van der Waals surface area (Å²) in [4.78, 5) is 0. The van der Waals surface area contributed by atoms with Crippen LogP contribution < -0.4 is 10.1 Å². The molecule has 17 heavy (non-hydrogen) atoms. The zero-order chi connectivity index (χ0) is 12.8. The van der Waals surface area contributed by atoms with Gasteiger partial charge in [-0.2, -0.15) is 0 Å². The summed E-state index contributed by atoms with van der Waals surface area (Å²) >= 11 is 3.54. The standard InChI is InChI=1S/C14H22BrNO/c1-5-6-10(2)14(16-3)11-7-8-13(17-4)12(15)9-11/h7-10,14,16H,5-6H2,1-4H3. The average Bonchev–Trinajstić information content (AvgIpc) is 2.30. The van der Waals surface area contributed by atoms with Crippen molar-refractivity contribution < 1.29 is 4.74 Å². The van der Waals surface area contributed by atoms with E-state index in [-0.39, 0.29) is 0 Å². The van der Waals surface area contributed by atoms with E-state index in [4.69, 9.17) is 4.74 Å². The van der Waals surface area contributed by atoms with Gasteiger partial charge in [0.25, 0.3) is 0 Å². The molecule has 96 valence electrons. The topological polar surface area (TPSA) is 21.3 Å². The summed E-state index contributed by atoms with van der Waals surface area (Å²) in [5, 5.41) is 3.41. The Balaban J connectivity index is 2.92. The van der Waals surface area contributed by atoms with Gasteiger partial charge in [0.05, 0.1) is 11.6 Å². The SMILES string of the molecule is CCCC(C)C(NC)c1ccc(OC)c(Br)c1. The molecule has 1 N–H and O–H groups in total. The van der Waals surface area contributed by atoms with Crippen LogP contribution in [0.25, 0.3) is 0 Å². The fourth-order valence-electron chi connectivity index (χ4n) is 2.28. The van der Waals surface area contributed by atoms with E-state index in [0.717, 1.165) is 10.2 Å². The third-order valence-corrected chi connectivity index (χ3v) is 3.78. The van der Waals surface area contributed by atoms with Gasteiger partial charge < -0.3 is 10.1 Å². The van der Waals surface area contributed by atoms with Crippen LogP contribution in [-0.2, 0) is 0 Å². The third kappa shape index (κ3) is 3.71. The predicted molar refractivity (Wildman–Crippen MR) is 76.6 cm³/mol. The molecule has 0 fully saturated rings. The molecule has 2 nitrogen and oxygen atoms in total. The van der Waals surface area contributed by atoms with Gasteiger partial charge >= 0.3 is 0 Å². The summed E-state index contributed by atoms with van der Waals surface area (Å²) in [5.74, 6) is 1.51. The third-order valence-electron chi connectivity index (χ3n) is 3.16. The summed E-state index contributed by atoms with van der Waals surface area (Å²) in [5.41, 5.74) is 1.31. The average molecular weight is 300 g/mol. The normalized spacial score (nSPS) is 14.4. The van der Waals surface area contributed by atoms with Gasteiger partial charge in [-0.15, -0.1) is 0 Å². The van der Waals surface area contributed by atoms with E-state index in [1.807, 2.05) is 13.1 Å². The van der Waals surface area contributed by atoms with Crippen molar-refractivity contribution in [1.82, 2.24) is 5.32 Å². The molecule has 0 bridgehead atoms. The molecule has 0 aliphatic rings. The summed E-state index contributed by atoms with van der Waals surface area (Å²) in [6.07, 6.45) is 2.45. The van der Waals surface area contributed by atoms with Crippen LogP contribution in [0.4, 0.5) is 0 Å². The van der Waals surface area contributed by atoms with Gasteiger partial charge in [-0.1, -0.05) is 26.3 Å². The monoisotopic (exact) mass is 299 g/mol. The molecule has 2 atom stereocenters. The second-order valence-corrected chi connectivity index (χ2v) is 5.28. The Bertz CT molecular complexity index is 354. The molecular formula is C14H22BrNO. The molecular weight excluding hydrogens is 278 g/mol. The second kappa shape index (κ2) is 7.02. The van der Waals surface area contributed by atoms with Crippen LogP contribution in [0.2, 0.25) is 0 Å². The summed E-state index contributed by atoms with van der Waals surface area (Å²) in [6.45, 7) is 4.52. The van der Waals surface area contributed by atoms with Crippen molar-refractivity contribution in [2.24, 2.45) is 5.92 Å². The highest BCUT2D eigenvalue weighted by Gasteiger charge is 2.17. The summed E-state index contributed by atoms with van der Waals surface area (Å²) in [7, 11) is 3.71. The molecule has 0 saturated heterocycles. The van der Waals surface area contributed by atoms with E-state index in [2.05, 4.69) is 47.2 Å². The quantitative estimate of drug-likeness (QED) is 0.852. The first-order valence-electron chi connectivity index (χ1n) is 6.14. The van der Waals surface area contributed by atoms with Crippen LogP contribution in [0.1, 0.15) is 38.3 Å². The minimum atomic E-state index is 0.400. The van der Waals surface area contributed by atoms with Gasteiger partial charge in [-0.25, -0.2) is 0 Å². The van der Waals surface area contributed by atoms with Gasteiger partial charge in [0.2, 0.25) is 0 Å². The van der Waals surface area contributed by atoms with Crippen LogP contribution in [0.15, 0.2) is 22.7 Å². The number of hydrogen-bond donors (Lipinski definition) is 1. The molecule has 1 aromatic carbocycles. The van der Waals surface area contributed by atoms with Crippen molar-refractivity contribution in [3.8, 4) is 5.75 Å². The Kier molecular flexibility index (Phi) is 6.00. The Morgan fingerprint density at radius 1 is 1.41 bits per heavy atom. The van der Waals surface area contributed by atoms with Gasteiger partial charge in [-0.3, -0.25) is 0 Å². The molecule has 0 heterocycles. The largest absolute Gasteiger partial charge is 0.496 e. The molecule has 0 aromatic heterocycles. The van der Waals surface area contributed by atoms with Gasteiger partial charge in [0.15, 0.2) is 0 Å². The van der Waals surface area contributed by atoms with E-state index in [1.54, 1.807) is 7.11 Å². The second-order valence-electron chi connectivity index (χ2n) is 4.43. The van der Waals surface area contributed by atoms with Crippen molar-refractivity contribution in [1.29, 1.82) is 0 Å². The lowest BCUT2D eigenvalue weighted by molar-refractivity contribution is 0.382. The number of halogens is 1. The lowest BCUT2D eigenvalue weighted by Crippen LogP contribution is -2.23. The zero-order valence-electron chi connectivity index (χ0n) is 11.1. The van der Waals surface area contributed by atoms with Gasteiger partial charge in [-0.05, 0) is 53.0 Å². The number of nitrogens with one attached hydrogen (secondary N) is 1. The predicted octanol–water partition coefficient (Wildman–Crippen LogP) is 4.15. The Labute approximate surface area is 113 Å². The highest BCUT2D eigenvalue weighted by Crippen LogP contribution is 2.31. The molecule has 3 heteroatoms. The van der Waals surface area contributed by atoms with E-state index < -0.39 is 0 Å². The molecule has 2 unspecified atom stereocenters. The molecule has 0 saturated carbocycles. The number of hydrogen-bond acceptors (Lipinski definition) is 2.